The standard InChI is InChI=1S/C9H15N2O/c1-7-5-10-8(9(2,3)4)11(12)6-7/h5-6,12H,1-4H3/q+1. The summed E-state index contributed by atoms with van der Waals surface area (Å²) in [6, 6.07) is 0. The van der Waals surface area contributed by atoms with Crippen LogP contribution in [0.2, 0.25) is 0 Å². The van der Waals surface area contributed by atoms with Crippen LogP contribution in [0.1, 0.15) is 32.2 Å². The highest BCUT2D eigenvalue weighted by Gasteiger charge is 2.27. The minimum Gasteiger partial charge on any atom is -0.350 e. The highest BCUT2D eigenvalue weighted by atomic mass is 16.5. The molecule has 3 heteroatoms. The van der Waals surface area contributed by atoms with Crippen molar-refractivity contribution >= 4 is 0 Å². The third-order valence-corrected chi connectivity index (χ3v) is 1.60. The van der Waals surface area contributed by atoms with Gasteiger partial charge >= 0.3 is 5.82 Å². The molecule has 0 aliphatic carbocycles. The lowest BCUT2D eigenvalue weighted by Crippen LogP contribution is -2.42. The quantitative estimate of drug-likeness (QED) is 0.466. The van der Waals surface area contributed by atoms with Crippen LogP contribution in [0.15, 0.2) is 12.4 Å². The van der Waals surface area contributed by atoms with Crippen molar-refractivity contribution in [1.29, 1.82) is 0 Å². The van der Waals surface area contributed by atoms with E-state index in [1.165, 1.54) is 0 Å². The van der Waals surface area contributed by atoms with E-state index in [2.05, 4.69) is 4.98 Å². The van der Waals surface area contributed by atoms with Crippen molar-refractivity contribution in [2.75, 3.05) is 0 Å². The zero-order chi connectivity index (χ0) is 9.35. The molecule has 1 rings (SSSR count). The van der Waals surface area contributed by atoms with Crippen LogP contribution in [0.5, 0.6) is 0 Å². The van der Waals surface area contributed by atoms with Gasteiger partial charge in [0.05, 0.1) is 5.41 Å². The fraction of sp³-hybridized carbons (Fsp3) is 0.556. The molecular weight excluding hydrogens is 152 g/mol. The molecule has 0 radical (unpaired) electrons. The second-order valence-corrected chi connectivity index (χ2v) is 4.05. The number of hydrogen-bond donors (Lipinski definition) is 1. The molecule has 0 spiro atoms. The van der Waals surface area contributed by atoms with E-state index in [9.17, 15) is 5.21 Å². The molecule has 0 aliphatic heterocycles. The van der Waals surface area contributed by atoms with E-state index in [1.807, 2.05) is 27.7 Å². The van der Waals surface area contributed by atoms with E-state index in [4.69, 9.17) is 0 Å². The van der Waals surface area contributed by atoms with Gasteiger partial charge in [-0.2, -0.15) is 0 Å². The second kappa shape index (κ2) is 2.73. The monoisotopic (exact) mass is 167 g/mol. The Morgan fingerprint density at radius 2 is 2.00 bits per heavy atom. The summed E-state index contributed by atoms with van der Waals surface area (Å²) in [5, 5.41) is 9.48. The lowest BCUT2D eigenvalue weighted by Gasteiger charge is -2.11. The third-order valence-electron chi connectivity index (χ3n) is 1.60. The SMILES string of the molecule is Cc1cnc(C(C)(C)C)[n+](O)c1. The summed E-state index contributed by atoms with van der Waals surface area (Å²) in [6.45, 7) is 7.93. The summed E-state index contributed by atoms with van der Waals surface area (Å²) in [6.07, 6.45) is 3.42. The molecule has 0 fully saturated rings. The third kappa shape index (κ3) is 1.72. The van der Waals surface area contributed by atoms with Gasteiger partial charge in [0.2, 0.25) is 0 Å². The minimum absolute atomic E-state index is 0.123. The van der Waals surface area contributed by atoms with Crippen LogP contribution < -0.4 is 4.73 Å². The van der Waals surface area contributed by atoms with Crippen LogP contribution in [0.25, 0.3) is 0 Å². The van der Waals surface area contributed by atoms with Crippen molar-refractivity contribution in [1.82, 2.24) is 4.98 Å². The largest absolute Gasteiger partial charge is 0.350 e. The number of rotatable bonds is 0. The summed E-state index contributed by atoms with van der Waals surface area (Å²) in [5.74, 6) is 0.674. The minimum atomic E-state index is -0.123. The number of aryl methyl sites for hydroxylation is 1. The molecule has 1 aromatic rings. The Bertz CT molecular complexity index is 289. The van der Waals surface area contributed by atoms with Gasteiger partial charge in [-0.15, -0.1) is 0 Å². The topological polar surface area (TPSA) is 37.0 Å². The van der Waals surface area contributed by atoms with Gasteiger partial charge in [-0.3, -0.25) is 0 Å². The molecule has 1 aromatic heterocycles. The number of hydrogen-bond acceptors (Lipinski definition) is 2. The van der Waals surface area contributed by atoms with Gasteiger partial charge in [0.25, 0.3) is 0 Å². The van der Waals surface area contributed by atoms with Crippen LogP contribution in [0, 0.1) is 6.92 Å². The van der Waals surface area contributed by atoms with E-state index in [-0.39, 0.29) is 5.41 Å². The fourth-order valence-corrected chi connectivity index (χ4v) is 1.05. The van der Waals surface area contributed by atoms with Crippen LogP contribution >= 0.6 is 0 Å². The molecule has 66 valence electrons. The van der Waals surface area contributed by atoms with E-state index in [1.54, 1.807) is 12.4 Å². The first-order chi connectivity index (χ1) is 5.41. The van der Waals surface area contributed by atoms with Crippen molar-refractivity contribution in [3.63, 3.8) is 0 Å². The molecule has 0 atom stereocenters. The lowest BCUT2D eigenvalue weighted by molar-refractivity contribution is -0.913. The molecule has 0 saturated carbocycles. The Morgan fingerprint density at radius 3 is 2.42 bits per heavy atom. The lowest BCUT2D eigenvalue weighted by atomic mass is 9.95. The van der Waals surface area contributed by atoms with E-state index in [0.717, 1.165) is 10.3 Å². The average molecular weight is 167 g/mol. The Morgan fingerprint density at radius 1 is 1.42 bits per heavy atom. The maximum absolute atomic E-state index is 9.48. The first-order valence-corrected chi connectivity index (χ1v) is 3.99. The van der Waals surface area contributed by atoms with Gasteiger partial charge in [0, 0.05) is 5.56 Å². The molecule has 0 aliphatic rings. The average Bonchev–Trinajstić information content (AvgIpc) is 1.83. The van der Waals surface area contributed by atoms with E-state index in [0.29, 0.717) is 5.82 Å². The molecule has 0 bridgehead atoms. The van der Waals surface area contributed by atoms with E-state index < -0.39 is 0 Å². The molecule has 0 unspecified atom stereocenters. The molecule has 3 nitrogen and oxygen atoms in total. The smallest absolute Gasteiger partial charge is 0.341 e. The van der Waals surface area contributed by atoms with Crippen LogP contribution in [0.3, 0.4) is 0 Å². The van der Waals surface area contributed by atoms with Gasteiger partial charge < -0.3 is 5.21 Å². The van der Waals surface area contributed by atoms with Gasteiger partial charge in [-0.25, -0.2) is 0 Å². The Balaban J connectivity index is 3.19. The molecule has 0 aromatic carbocycles. The van der Waals surface area contributed by atoms with Crippen molar-refractivity contribution in [2.24, 2.45) is 0 Å². The first-order valence-electron chi connectivity index (χ1n) is 3.99. The molecule has 0 saturated heterocycles. The maximum Gasteiger partial charge on any atom is 0.341 e. The highest BCUT2D eigenvalue weighted by molar-refractivity contribution is 5.01. The predicted molar refractivity (Wildman–Crippen MR) is 45.1 cm³/mol. The maximum atomic E-state index is 9.48. The summed E-state index contributed by atoms with van der Waals surface area (Å²) in [5.41, 5.74) is 0.827. The van der Waals surface area contributed by atoms with Crippen LogP contribution in [-0.4, -0.2) is 10.2 Å². The summed E-state index contributed by atoms with van der Waals surface area (Å²) in [4.78, 5) is 4.16. The number of nitrogens with zero attached hydrogens (tertiary/aromatic N) is 2. The summed E-state index contributed by atoms with van der Waals surface area (Å²) < 4.78 is 1.09. The zero-order valence-electron chi connectivity index (χ0n) is 8.00. The molecular formula is C9H15N2O+. The van der Waals surface area contributed by atoms with Gasteiger partial charge in [0.15, 0.2) is 0 Å². The second-order valence-electron chi connectivity index (χ2n) is 4.05. The Kier molecular flexibility index (Phi) is 2.04. The molecule has 0 amide bonds. The zero-order valence-corrected chi connectivity index (χ0v) is 8.00. The fourth-order valence-electron chi connectivity index (χ4n) is 1.05. The molecule has 12 heavy (non-hydrogen) atoms. The summed E-state index contributed by atoms with van der Waals surface area (Å²) in [7, 11) is 0. The Hall–Kier alpha value is -1.12. The van der Waals surface area contributed by atoms with Crippen LogP contribution in [-0.2, 0) is 5.41 Å². The van der Waals surface area contributed by atoms with Crippen molar-refractivity contribution in [2.45, 2.75) is 33.1 Å². The molecule has 1 heterocycles. The van der Waals surface area contributed by atoms with Gasteiger partial charge in [-0.1, -0.05) is 4.73 Å². The Labute approximate surface area is 72.7 Å². The van der Waals surface area contributed by atoms with Crippen molar-refractivity contribution in [3.8, 4) is 0 Å². The van der Waals surface area contributed by atoms with Crippen molar-refractivity contribution < 1.29 is 9.94 Å². The van der Waals surface area contributed by atoms with Crippen LogP contribution in [0.4, 0.5) is 0 Å². The van der Waals surface area contributed by atoms with Gasteiger partial charge in [0.1, 0.15) is 12.4 Å². The molecule has 1 N–H and O–H groups in total. The predicted octanol–water partition coefficient (Wildman–Crippen LogP) is 1.21. The highest BCUT2D eigenvalue weighted by Crippen LogP contribution is 2.15. The summed E-state index contributed by atoms with van der Waals surface area (Å²) >= 11 is 0. The van der Waals surface area contributed by atoms with Gasteiger partial charge in [-0.05, 0) is 32.7 Å². The first kappa shape index (κ1) is 8.97. The number of aromatic nitrogens is 2. The normalized spacial score (nSPS) is 11.7. The van der Waals surface area contributed by atoms with E-state index >= 15 is 0 Å². The van der Waals surface area contributed by atoms with Crippen molar-refractivity contribution in [3.05, 3.63) is 23.8 Å².